The monoisotopic (exact) mass is 335 g/mol. The second kappa shape index (κ2) is 9.78. The average Bonchev–Trinajstić information content (AvgIpc) is 2.64. The number of anilines is 1. The molecule has 128 valence electrons. The molecule has 2 N–H and O–H groups in total. The Morgan fingerprint density at radius 1 is 1.12 bits per heavy atom. The number of amides is 1. The summed E-state index contributed by atoms with van der Waals surface area (Å²) in [7, 11) is 0. The van der Waals surface area contributed by atoms with Crippen molar-refractivity contribution < 1.29 is 9.53 Å². The first kappa shape index (κ1) is 18.1. The molecule has 2 aromatic rings. The van der Waals surface area contributed by atoms with E-state index in [0.717, 1.165) is 24.3 Å². The molecule has 5 nitrogen and oxygen atoms in total. The normalized spacial score (nSPS) is 10.6. The fourth-order valence-electron chi connectivity index (χ4n) is 2.02. The number of hydrogen-bond donors (Lipinski definition) is 2. The molecule has 1 amide bonds. The Bertz CT molecular complexity index is 747. The molecule has 2 aromatic carbocycles. The molecule has 0 aromatic heterocycles. The topological polar surface area (TPSA) is 74.2 Å². The molecule has 0 unspecified atom stereocenters. The molecule has 25 heavy (non-hydrogen) atoms. The van der Waals surface area contributed by atoms with Crippen LogP contribution in [0.3, 0.4) is 0 Å². The molecule has 0 saturated carbocycles. The maximum atomic E-state index is 11.9. The lowest BCUT2D eigenvalue weighted by Crippen LogP contribution is -2.25. The van der Waals surface area contributed by atoms with Crippen LogP contribution in [0, 0.1) is 11.3 Å². The van der Waals surface area contributed by atoms with E-state index in [1.807, 2.05) is 67.6 Å². The number of hydrogen-bond acceptors (Lipinski definition) is 4. The number of ether oxygens (including phenoxy) is 1. The Labute approximate surface area is 147 Å². The fraction of sp³-hybridized carbons (Fsp3) is 0.200. The average molecular weight is 335 g/mol. The summed E-state index contributed by atoms with van der Waals surface area (Å²) < 4.78 is 5.71. The highest BCUT2D eigenvalue weighted by Gasteiger charge is 2.07. The van der Waals surface area contributed by atoms with E-state index in [9.17, 15) is 4.79 Å². The molecule has 0 aliphatic carbocycles. The summed E-state index contributed by atoms with van der Waals surface area (Å²) >= 11 is 0. The third-order valence-electron chi connectivity index (χ3n) is 3.40. The minimum Gasteiger partial charge on any atom is -0.457 e. The summed E-state index contributed by atoms with van der Waals surface area (Å²) in [5.74, 6) is 1.10. The summed E-state index contributed by atoms with van der Waals surface area (Å²) in [5, 5.41) is 14.8. The zero-order valence-electron chi connectivity index (χ0n) is 14.2. The van der Waals surface area contributed by atoms with Gasteiger partial charge in [-0.1, -0.05) is 31.5 Å². The Balaban J connectivity index is 1.93. The number of carbonyl (C=O) groups is 1. The summed E-state index contributed by atoms with van der Waals surface area (Å²) in [6, 6.07) is 18.7. The van der Waals surface area contributed by atoms with Crippen LogP contribution >= 0.6 is 0 Å². The van der Waals surface area contributed by atoms with E-state index >= 15 is 0 Å². The quantitative estimate of drug-likeness (QED) is 0.430. The molecule has 0 spiro atoms. The van der Waals surface area contributed by atoms with Gasteiger partial charge < -0.3 is 15.4 Å². The van der Waals surface area contributed by atoms with Crippen LogP contribution in [-0.4, -0.2) is 12.5 Å². The minimum absolute atomic E-state index is 0.0423. The van der Waals surface area contributed by atoms with Gasteiger partial charge in [0, 0.05) is 18.4 Å². The second-order valence-corrected chi connectivity index (χ2v) is 5.36. The first-order valence-corrected chi connectivity index (χ1v) is 8.21. The number of nitriles is 1. The molecule has 0 radical (unpaired) electrons. The van der Waals surface area contributed by atoms with Crippen molar-refractivity contribution in [3.8, 4) is 17.6 Å². The first-order chi connectivity index (χ1) is 12.2. The smallest absolute Gasteiger partial charge is 0.263 e. The lowest BCUT2D eigenvalue weighted by Gasteiger charge is -2.07. The number of carbonyl (C=O) groups excluding carboxylic acids is 1. The van der Waals surface area contributed by atoms with Crippen molar-refractivity contribution >= 4 is 11.6 Å². The van der Waals surface area contributed by atoms with Crippen molar-refractivity contribution in [1.82, 2.24) is 5.32 Å². The predicted octanol–water partition coefficient (Wildman–Crippen LogP) is 4.21. The summed E-state index contributed by atoms with van der Waals surface area (Å²) in [5.41, 5.74) is 0.801. The number of rotatable bonds is 8. The Kier molecular flexibility index (Phi) is 7.08. The van der Waals surface area contributed by atoms with Gasteiger partial charge in [-0.3, -0.25) is 4.79 Å². The Hall–Kier alpha value is -3.26. The molecule has 0 aliphatic heterocycles. The summed E-state index contributed by atoms with van der Waals surface area (Å²) in [6.07, 6.45) is 3.29. The third-order valence-corrected chi connectivity index (χ3v) is 3.40. The van der Waals surface area contributed by atoms with Crippen molar-refractivity contribution in [2.75, 3.05) is 11.9 Å². The number of unbranched alkanes of at least 4 members (excludes halogenated alkanes) is 1. The lowest BCUT2D eigenvalue weighted by atomic mass is 10.2. The van der Waals surface area contributed by atoms with Gasteiger partial charge in [-0.05, 0) is 42.8 Å². The number of para-hydroxylation sites is 1. The largest absolute Gasteiger partial charge is 0.457 e. The van der Waals surface area contributed by atoms with Crippen LogP contribution < -0.4 is 15.4 Å². The van der Waals surface area contributed by atoms with Gasteiger partial charge in [0.05, 0.1) is 0 Å². The van der Waals surface area contributed by atoms with Crippen molar-refractivity contribution in [2.24, 2.45) is 0 Å². The van der Waals surface area contributed by atoms with Gasteiger partial charge in [0.2, 0.25) is 0 Å². The van der Waals surface area contributed by atoms with Gasteiger partial charge in [-0.25, -0.2) is 0 Å². The minimum atomic E-state index is -0.368. The standard InChI is InChI=1S/C20H21N3O2/c1-2-3-13-22-20(24)16(14-21)15-23-17-9-11-19(12-10-17)25-18-7-5-4-6-8-18/h4-12,15,23H,2-3,13H2,1H3,(H,22,24)/b16-15-. The summed E-state index contributed by atoms with van der Waals surface area (Å²) in [4.78, 5) is 11.9. The van der Waals surface area contributed by atoms with Gasteiger partial charge in [0.15, 0.2) is 0 Å². The van der Waals surface area contributed by atoms with E-state index in [1.54, 1.807) is 0 Å². The molecule has 0 heterocycles. The number of benzene rings is 2. The number of nitrogens with zero attached hydrogens (tertiary/aromatic N) is 1. The maximum absolute atomic E-state index is 11.9. The highest BCUT2D eigenvalue weighted by molar-refractivity contribution is 5.97. The van der Waals surface area contributed by atoms with Crippen LogP contribution in [0.1, 0.15) is 19.8 Å². The van der Waals surface area contributed by atoms with Gasteiger partial charge in [0.1, 0.15) is 23.1 Å². The van der Waals surface area contributed by atoms with Crippen LogP contribution in [-0.2, 0) is 4.79 Å². The van der Waals surface area contributed by atoms with Crippen molar-refractivity contribution in [3.05, 3.63) is 66.4 Å². The van der Waals surface area contributed by atoms with E-state index in [2.05, 4.69) is 10.6 Å². The molecule has 2 rings (SSSR count). The van der Waals surface area contributed by atoms with Gasteiger partial charge in [0.25, 0.3) is 5.91 Å². The second-order valence-electron chi connectivity index (χ2n) is 5.36. The Morgan fingerprint density at radius 2 is 1.80 bits per heavy atom. The van der Waals surface area contributed by atoms with Crippen molar-refractivity contribution in [3.63, 3.8) is 0 Å². The molecule has 0 atom stereocenters. The van der Waals surface area contributed by atoms with Gasteiger partial charge >= 0.3 is 0 Å². The van der Waals surface area contributed by atoms with E-state index in [0.29, 0.717) is 12.3 Å². The fourth-order valence-corrected chi connectivity index (χ4v) is 2.02. The van der Waals surface area contributed by atoms with E-state index in [-0.39, 0.29) is 11.5 Å². The zero-order valence-corrected chi connectivity index (χ0v) is 14.2. The predicted molar refractivity (Wildman–Crippen MR) is 98.2 cm³/mol. The molecular weight excluding hydrogens is 314 g/mol. The SMILES string of the molecule is CCCCNC(=O)/C(C#N)=C\Nc1ccc(Oc2ccccc2)cc1. The van der Waals surface area contributed by atoms with Crippen LogP contribution in [0.15, 0.2) is 66.4 Å². The zero-order chi connectivity index (χ0) is 17.9. The highest BCUT2D eigenvalue weighted by Crippen LogP contribution is 2.22. The molecule has 0 aliphatic rings. The Morgan fingerprint density at radius 3 is 2.44 bits per heavy atom. The highest BCUT2D eigenvalue weighted by atomic mass is 16.5. The third kappa shape index (κ3) is 6.04. The molecular formula is C20H21N3O2. The summed E-state index contributed by atoms with van der Waals surface area (Å²) in [6.45, 7) is 2.61. The van der Waals surface area contributed by atoms with E-state index in [1.165, 1.54) is 6.20 Å². The molecule has 5 heteroatoms. The van der Waals surface area contributed by atoms with Crippen LogP contribution in [0.25, 0.3) is 0 Å². The lowest BCUT2D eigenvalue weighted by molar-refractivity contribution is -0.117. The first-order valence-electron chi connectivity index (χ1n) is 8.21. The molecule has 0 bridgehead atoms. The molecule has 0 fully saturated rings. The van der Waals surface area contributed by atoms with Crippen LogP contribution in [0.4, 0.5) is 5.69 Å². The number of nitrogens with one attached hydrogen (secondary N) is 2. The molecule has 0 saturated heterocycles. The maximum Gasteiger partial charge on any atom is 0.263 e. The van der Waals surface area contributed by atoms with E-state index < -0.39 is 0 Å². The van der Waals surface area contributed by atoms with E-state index in [4.69, 9.17) is 10.00 Å². The van der Waals surface area contributed by atoms with Gasteiger partial charge in [-0.15, -0.1) is 0 Å². The van der Waals surface area contributed by atoms with Crippen LogP contribution in [0.2, 0.25) is 0 Å². The van der Waals surface area contributed by atoms with Crippen molar-refractivity contribution in [1.29, 1.82) is 5.26 Å². The van der Waals surface area contributed by atoms with Gasteiger partial charge in [-0.2, -0.15) is 5.26 Å². The van der Waals surface area contributed by atoms with Crippen LogP contribution in [0.5, 0.6) is 11.5 Å². The van der Waals surface area contributed by atoms with Crippen molar-refractivity contribution in [2.45, 2.75) is 19.8 Å².